The first-order valence-electron chi connectivity index (χ1n) is 7.31. The summed E-state index contributed by atoms with van der Waals surface area (Å²) >= 11 is 0. The maximum Gasteiger partial charge on any atom is 0.303 e. The van der Waals surface area contributed by atoms with E-state index in [-0.39, 0.29) is 18.4 Å². The van der Waals surface area contributed by atoms with E-state index >= 15 is 0 Å². The molecule has 1 saturated carbocycles. The van der Waals surface area contributed by atoms with Gasteiger partial charge in [-0.2, -0.15) is 0 Å². The van der Waals surface area contributed by atoms with Crippen molar-refractivity contribution in [2.45, 2.75) is 57.5 Å². The van der Waals surface area contributed by atoms with Crippen molar-refractivity contribution in [1.29, 1.82) is 0 Å². The standard InChI is InChI=1S/C14H26N2O2/c1-2-13(11-4-3-5-11)16-8-10(7-14(17)18)6-12(15)9-16/h10-13H,2-9,15H2,1H3,(H,17,18). The smallest absolute Gasteiger partial charge is 0.303 e. The van der Waals surface area contributed by atoms with Crippen LogP contribution in [0.3, 0.4) is 0 Å². The molecule has 18 heavy (non-hydrogen) atoms. The molecule has 2 aliphatic rings. The lowest BCUT2D eigenvalue weighted by molar-refractivity contribution is -0.138. The predicted octanol–water partition coefficient (Wildman–Crippen LogP) is 1.69. The van der Waals surface area contributed by atoms with Crippen molar-refractivity contribution in [3.63, 3.8) is 0 Å². The van der Waals surface area contributed by atoms with Crippen molar-refractivity contribution in [3.8, 4) is 0 Å². The lowest BCUT2D eigenvalue weighted by Gasteiger charge is -2.46. The number of piperidine rings is 1. The first-order valence-corrected chi connectivity index (χ1v) is 7.31. The Balaban J connectivity index is 1.95. The molecule has 0 amide bonds. The van der Waals surface area contributed by atoms with Gasteiger partial charge in [0.2, 0.25) is 0 Å². The molecule has 0 aromatic heterocycles. The second kappa shape index (κ2) is 6.02. The Bertz CT molecular complexity index is 292. The topological polar surface area (TPSA) is 66.6 Å². The van der Waals surface area contributed by atoms with Gasteiger partial charge in [0.1, 0.15) is 0 Å². The molecule has 1 heterocycles. The van der Waals surface area contributed by atoms with Crippen molar-refractivity contribution in [2.24, 2.45) is 17.6 Å². The van der Waals surface area contributed by atoms with Crippen molar-refractivity contribution in [3.05, 3.63) is 0 Å². The molecule has 0 spiro atoms. The molecule has 0 aromatic carbocycles. The minimum absolute atomic E-state index is 0.150. The van der Waals surface area contributed by atoms with Crippen LogP contribution in [0, 0.1) is 11.8 Å². The molecule has 2 rings (SSSR count). The van der Waals surface area contributed by atoms with E-state index in [0.717, 1.165) is 31.8 Å². The number of nitrogens with two attached hydrogens (primary N) is 1. The summed E-state index contributed by atoms with van der Waals surface area (Å²) in [6.45, 7) is 4.12. The zero-order chi connectivity index (χ0) is 13.1. The molecular weight excluding hydrogens is 228 g/mol. The van der Waals surface area contributed by atoms with Crippen LogP contribution in [0.5, 0.6) is 0 Å². The second-order valence-electron chi connectivity index (χ2n) is 6.08. The van der Waals surface area contributed by atoms with E-state index in [2.05, 4.69) is 11.8 Å². The van der Waals surface area contributed by atoms with E-state index in [1.807, 2.05) is 0 Å². The molecule has 4 nitrogen and oxygen atoms in total. The van der Waals surface area contributed by atoms with Gasteiger partial charge in [-0.25, -0.2) is 0 Å². The van der Waals surface area contributed by atoms with Crippen LogP contribution in [0.25, 0.3) is 0 Å². The van der Waals surface area contributed by atoms with Crippen LogP contribution in [0.2, 0.25) is 0 Å². The summed E-state index contributed by atoms with van der Waals surface area (Å²) in [5.41, 5.74) is 6.11. The first-order chi connectivity index (χ1) is 8.60. The number of carboxylic acids is 1. The van der Waals surface area contributed by atoms with Crippen LogP contribution in [0.1, 0.15) is 45.4 Å². The SMILES string of the molecule is CCC(C1CCC1)N1CC(N)CC(CC(=O)O)C1. The molecule has 1 aliphatic heterocycles. The zero-order valence-corrected chi connectivity index (χ0v) is 11.3. The third-order valence-corrected chi connectivity index (χ3v) is 4.64. The number of carboxylic acid groups (broad SMARTS) is 1. The van der Waals surface area contributed by atoms with Gasteiger partial charge < -0.3 is 10.8 Å². The average molecular weight is 254 g/mol. The van der Waals surface area contributed by atoms with Gasteiger partial charge in [-0.15, -0.1) is 0 Å². The molecule has 0 aromatic rings. The van der Waals surface area contributed by atoms with Gasteiger partial charge in [0.05, 0.1) is 0 Å². The fraction of sp³-hybridized carbons (Fsp3) is 0.929. The monoisotopic (exact) mass is 254 g/mol. The Morgan fingerprint density at radius 2 is 2.17 bits per heavy atom. The number of likely N-dealkylation sites (tertiary alicyclic amines) is 1. The largest absolute Gasteiger partial charge is 0.481 e. The highest BCUT2D eigenvalue weighted by atomic mass is 16.4. The molecule has 0 radical (unpaired) electrons. The van der Waals surface area contributed by atoms with Crippen molar-refractivity contribution in [1.82, 2.24) is 4.90 Å². The Labute approximate surface area is 110 Å². The van der Waals surface area contributed by atoms with Crippen LogP contribution in [0.4, 0.5) is 0 Å². The number of nitrogens with zero attached hydrogens (tertiary/aromatic N) is 1. The Morgan fingerprint density at radius 3 is 2.67 bits per heavy atom. The van der Waals surface area contributed by atoms with E-state index in [1.54, 1.807) is 0 Å². The van der Waals surface area contributed by atoms with Crippen LogP contribution >= 0.6 is 0 Å². The van der Waals surface area contributed by atoms with E-state index in [0.29, 0.717) is 6.04 Å². The highest BCUT2D eigenvalue weighted by Gasteiger charge is 2.35. The van der Waals surface area contributed by atoms with Crippen LogP contribution in [-0.2, 0) is 4.79 Å². The average Bonchev–Trinajstić information content (AvgIpc) is 2.20. The number of carbonyl (C=O) groups is 1. The molecule has 2 fully saturated rings. The van der Waals surface area contributed by atoms with E-state index in [4.69, 9.17) is 10.8 Å². The van der Waals surface area contributed by atoms with E-state index in [1.165, 1.54) is 19.3 Å². The zero-order valence-electron chi connectivity index (χ0n) is 11.3. The maximum absolute atomic E-state index is 10.9. The third kappa shape index (κ3) is 3.23. The maximum atomic E-state index is 10.9. The van der Waals surface area contributed by atoms with E-state index < -0.39 is 5.97 Å². The number of rotatable bonds is 5. The molecule has 0 bridgehead atoms. The van der Waals surface area contributed by atoms with Gasteiger partial charge in [-0.3, -0.25) is 9.69 Å². The second-order valence-corrected chi connectivity index (χ2v) is 6.08. The summed E-state index contributed by atoms with van der Waals surface area (Å²) in [6, 6.07) is 0.777. The van der Waals surface area contributed by atoms with Crippen molar-refractivity contribution in [2.75, 3.05) is 13.1 Å². The van der Waals surface area contributed by atoms with Gasteiger partial charge >= 0.3 is 5.97 Å². The third-order valence-electron chi connectivity index (χ3n) is 4.64. The van der Waals surface area contributed by atoms with Crippen LogP contribution in [-0.4, -0.2) is 41.1 Å². The summed E-state index contributed by atoms with van der Waals surface area (Å²) in [6.07, 6.45) is 6.34. The normalized spacial score (nSPS) is 31.9. The summed E-state index contributed by atoms with van der Waals surface area (Å²) in [7, 11) is 0. The van der Waals surface area contributed by atoms with Gasteiger partial charge in [-0.1, -0.05) is 13.3 Å². The van der Waals surface area contributed by atoms with Gasteiger partial charge in [0, 0.05) is 31.6 Å². The van der Waals surface area contributed by atoms with Gasteiger partial charge in [-0.05, 0) is 37.5 Å². The minimum atomic E-state index is -0.689. The Kier molecular flexibility index (Phi) is 4.62. The summed E-state index contributed by atoms with van der Waals surface area (Å²) in [4.78, 5) is 13.3. The first kappa shape index (κ1) is 13.8. The fourth-order valence-electron chi connectivity index (χ4n) is 3.66. The quantitative estimate of drug-likeness (QED) is 0.783. The molecule has 104 valence electrons. The lowest BCUT2D eigenvalue weighted by atomic mass is 9.77. The fourth-order valence-corrected chi connectivity index (χ4v) is 3.66. The molecule has 1 saturated heterocycles. The summed E-state index contributed by atoms with van der Waals surface area (Å²) < 4.78 is 0. The van der Waals surface area contributed by atoms with Crippen molar-refractivity contribution < 1.29 is 9.90 Å². The molecule has 3 unspecified atom stereocenters. The molecule has 3 N–H and O–H groups in total. The number of aliphatic carboxylic acids is 1. The Morgan fingerprint density at radius 1 is 1.44 bits per heavy atom. The highest BCUT2D eigenvalue weighted by molar-refractivity contribution is 5.67. The minimum Gasteiger partial charge on any atom is -0.481 e. The Hall–Kier alpha value is -0.610. The lowest BCUT2D eigenvalue weighted by Crippen LogP contribution is -2.54. The van der Waals surface area contributed by atoms with Crippen LogP contribution in [0.15, 0.2) is 0 Å². The molecule has 1 aliphatic carbocycles. The molecule has 4 heteroatoms. The number of hydrogen-bond acceptors (Lipinski definition) is 3. The summed E-state index contributed by atoms with van der Waals surface area (Å²) in [5, 5.41) is 8.94. The van der Waals surface area contributed by atoms with Gasteiger partial charge in [0.15, 0.2) is 0 Å². The summed E-state index contributed by atoms with van der Waals surface area (Å²) in [5.74, 6) is 0.372. The predicted molar refractivity (Wildman–Crippen MR) is 71.3 cm³/mol. The van der Waals surface area contributed by atoms with Crippen LogP contribution < -0.4 is 5.73 Å². The van der Waals surface area contributed by atoms with Crippen molar-refractivity contribution >= 4 is 5.97 Å². The number of hydrogen-bond donors (Lipinski definition) is 2. The molecule has 3 atom stereocenters. The molecular formula is C14H26N2O2. The van der Waals surface area contributed by atoms with E-state index in [9.17, 15) is 4.79 Å². The highest BCUT2D eigenvalue weighted by Crippen LogP contribution is 2.35. The van der Waals surface area contributed by atoms with Gasteiger partial charge in [0.25, 0.3) is 0 Å².